The predicted molar refractivity (Wildman–Crippen MR) is 162 cm³/mol. The Balaban J connectivity index is 0.000000376. The summed E-state index contributed by atoms with van der Waals surface area (Å²) in [5, 5.41) is 21.8. The molecule has 0 spiro atoms. The number of halogens is 6. The summed E-state index contributed by atoms with van der Waals surface area (Å²) >= 11 is 0. The molecule has 1 aromatic heterocycles. The lowest BCUT2D eigenvalue weighted by atomic mass is 9.90. The number of carbonyl (C=O) groups excluding carboxylic acids is 1. The molecule has 1 amide bonds. The van der Waals surface area contributed by atoms with Crippen LogP contribution in [0.4, 0.5) is 32.2 Å². The van der Waals surface area contributed by atoms with Crippen LogP contribution >= 0.6 is 0 Å². The van der Waals surface area contributed by atoms with E-state index in [9.17, 15) is 31.1 Å². The summed E-state index contributed by atoms with van der Waals surface area (Å²) < 4.78 is 63.5. The highest BCUT2D eigenvalue weighted by Crippen LogP contribution is 2.40. The summed E-state index contributed by atoms with van der Waals surface area (Å²) in [5.74, 6) is -4.50. The number of benzene rings is 2. The molecule has 3 aromatic rings. The normalized spacial score (nSPS) is 20.1. The van der Waals surface area contributed by atoms with Gasteiger partial charge in [-0.15, -0.1) is 0 Å². The Hall–Kier alpha value is -5.16. The summed E-state index contributed by atoms with van der Waals surface area (Å²) in [5.41, 5.74) is 14.4. The highest BCUT2D eigenvalue weighted by Gasteiger charge is 2.40. The third kappa shape index (κ3) is 11.0. The van der Waals surface area contributed by atoms with Crippen molar-refractivity contribution >= 4 is 40.5 Å². The number of hydrogen-bond acceptors (Lipinski definition) is 7. The monoisotopic (exact) mass is 685 g/mol. The Morgan fingerprint density at radius 2 is 1.46 bits per heavy atom. The van der Waals surface area contributed by atoms with Crippen molar-refractivity contribution in [3.63, 3.8) is 0 Å². The highest BCUT2D eigenvalue weighted by molar-refractivity contribution is 5.97. The third-order valence-corrected chi connectivity index (χ3v) is 7.24. The second kappa shape index (κ2) is 15.6. The highest BCUT2D eigenvalue weighted by atomic mass is 19.4. The van der Waals surface area contributed by atoms with Crippen molar-refractivity contribution in [1.82, 2.24) is 15.3 Å². The molecule has 8 N–H and O–H groups in total. The number of aliphatic imine (C=N–C) groups is 1. The van der Waals surface area contributed by atoms with Gasteiger partial charge in [0.15, 0.2) is 5.96 Å². The van der Waals surface area contributed by atoms with E-state index in [1.54, 1.807) is 0 Å². The van der Waals surface area contributed by atoms with E-state index in [1.165, 1.54) is 5.56 Å². The molecule has 18 heteroatoms. The number of aryl methyl sites for hydroxylation is 1. The van der Waals surface area contributed by atoms with E-state index in [0.717, 1.165) is 48.6 Å². The number of guanidine groups is 1. The Bertz CT molecular complexity index is 1610. The number of carboxylic acid groups (broad SMARTS) is 2. The standard InChI is InChI=1S/C26H31N7O.2C2HF3O2/c1-15-11-12-19-18(13-15)23(30-20-9-5-6-10-21(20)32-26(27)28)33-24(29-19)25(34)31-22-14-17(22)16-7-3-2-4-8-16;2*3-2(4,5)1(6)7/h2-4,7-8,11-13,17,20-22H,5-6,9-10,14H2,1H3,(H,31,34)(H4,27,28,32)(H,29,30,33);2*(H,6,7). The number of hydrogen-bond donors (Lipinski definition) is 6. The summed E-state index contributed by atoms with van der Waals surface area (Å²) in [4.78, 5) is 44.6. The van der Waals surface area contributed by atoms with Crippen molar-refractivity contribution in [3.8, 4) is 0 Å². The molecule has 2 aliphatic rings. The van der Waals surface area contributed by atoms with E-state index in [2.05, 4.69) is 37.7 Å². The average Bonchev–Trinajstić information content (AvgIpc) is 3.77. The van der Waals surface area contributed by atoms with Crippen LogP contribution < -0.4 is 22.1 Å². The van der Waals surface area contributed by atoms with Gasteiger partial charge in [-0.1, -0.05) is 54.8 Å². The average molecular weight is 686 g/mol. The van der Waals surface area contributed by atoms with E-state index in [1.807, 2.05) is 43.3 Å². The molecule has 0 radical (unpaired) electrons. The second-order valence-corrected chi connectivity index (χ2v) is 11.0. The zero-order valence-electron chi connectivity index (χ0n) is 25.3. The van der Waals surface area contributed by atoms with Crippen molar-refractivity contribution in [2.24, 2.45) is 16.5 Å². The molecule has 5 rings (SSSR count). The molecule has 2 aliphatic carbocycles. The van der Waals surface area contributed by atoms with Crippen molar-refractivity contribution < 1.29 is 50.9 Å². The summed E-state index contributed by atoms with van der Waals surface area (Å²) in [7, 11) is 0. The lowest BCUT2D eigenvalue weighted by Crippen LogP contribution is -2.38. The number of nitrogens with two attached hydrogens (primary N) is 2. The molecule has 2 fully saturated rings. The van der Waals surface area contributed by atoms with E-state index >= 15 is 0 Å². The summed E-state index contributed by atoms with van der Waals surface area (Å²) in [6.07, 6.45) is -5.22. The fraction of sp³-hybridized carbons (Fsp3) is 0.400. The van der Waals surface area contributed by atoms with Crippen molar-refractivity contribution in [2.45, 2.75) is 75.4 Å². The molecule has 2 saturated carbocycles. The van der Waals surface area contributed by atoms with Crippen LogP contribution in [0.25, 0.3) is 10.9 Å². The molecule has 48 heavy (non-hydrogen) atoms. The molecule has 0 saturated heterocycles. The first-order valence-corrected chi connectivity index (χ1v) is 14.5. The van der Waals surface area contributed by atoms with Crippen molar-refractivity contribution in [1.29, 1.82) is 0 Å². The number of carboxylic acids is 2. The van der Waals surface area contributed by atoms with E-state index in [4.69, 9.17) is 31.3 Å². The number of nitrogens with one attached hydrogen (secondary N) is 2. The predicted octanol–water partition coefficient (Wildman–Crippen LogP) is 4.49. The van der Waals surface area contributed by atoms with Crippen LogP contribution in [0.1, 0.15) is 59.8 Å². The van der Waals surface area contributed by atoms with E-state index in [0.29, 0.717) is 11.7 Å². The Labute approximate surface area is 269 Å². The third-order valence-electron chi connectivity index (χ3n) is 7.24. The number of amides is 1. The smallest absolute Gasteiger partial charge is 0.475 e. The van der Waals surface area contributed by atoms with E-state index < -0.39 is 24.3 Å². The number of aliphatic carboxylic acids is 2. The fourth-order valence-corrected chi connectivity index (χ4v) is 4.91. The summed E-state index contributed by atoms with van der Waals surface area (Å²) in [6.45, 7) is 2.03. The van der Waals surface area contributed by atoms with Crippen LogP contribution in [0.15, 0.2) is 53.5 Å². The minimum absolute atomic E-state index is 0.0241. The molecular formula is C30H33F6N7O5. The number of anilines is 1. The van der Waals surface area contributed by atoms with Gasteiger partial charge in [-0.25, -0.2) is 24.5 Å². The van der Waals surface area contributed by atoms with Gasteiger partial charge in [-0.2, -0.15) is 26.3 Å². The Morgan fingerprint density at radius 3 is 2.02 bits per heavy atom. The molecule has 0 aliphatic heterocycles. The number of carbonyl (C=O) groups is 3. The van der Waals surface area contributed by atoms with Gasteiger partial charge in [0.25, 0.3) is 5.91 Å². The maximum absolute atomic E-state index is 13.1. The zero-order chi connectivity index (χ0) is 35.8. The van der Waals surface area contributed by atoms with Gasteiger partial charge in [0.05, 0.1) is 17.6 Å². The molecule has 260 valence electrons. The number of aromatic nitrogens is 2. The minimum Gasteiger partial charge on any atom is -0.475 e. The maximum atomic E-state index is 13.1. The quantitative estimate of drug-likeness (QED) is 0.122. The Kier molecular flexibility index (Phi) is 12.1. The van der Waals surface area contributed by atoms with Crippen LogP contribution in [0.3, 0.4) is 0 Å². The first-order valence-electron chi connectivity index (χ1n) is 14.5. The Morgan fingerprint density at radius 1 is 0.875 bits per heavy atom. The summed E-state index contributed by atoms with van der Waals surface area (Å²) in [6, 6.07) is 16.4. The fourth-order valence-electron chi connectivity index (χ4n) is 4.91. The lowest BCUT2D eigenvalue weighted by molar-refractivity contribution is -0.193. The molecular weight excluding hydrogens is 652 g/mol. The molecule has 1 heterocycles. The first-order chi connectivity index (χ1) is 22.4. The van der Waals surface area contributed by atoms with Crippen LogP contribution in [0.2, 0.25) is 0 Å². The van der Waals surface area contributed by atoms with E-state index in [-0.39, 0.29) is 35.8 Å². The topological polar surface area (TPSA) is 206 Å². The molecule has 4 unspecified atom stereocenters. The second-order valence-electron chi connectivity index (χ2n) is 11.0. The van der Waals surface area contributed by atoms with Gasteiger partial charge in [0.2, 0.25) is 5.82 Å². The van der Waals surface area contributed by atoms with Gasteiger partial charge in [-0.3, -0.25) is 4.79 Å². The van der Waals surface area contributed by atoms with Gasteiger partial charge < -0.3 is 32.3 Å². The lowest BCUT2D eigenvalue weighted by Gasteiger charge is -2.30. The SMILES string of the molecule is Cc1ccc2nc(C(=O)NC3CC3c3ccccc3)nc(NC3CCCCC3N=C(N)N)c2c1.O=C(O)C(F)(F)F.O=C(O)C(F)(F)F. The molecule has 2 aromatic carbocycles. The largest absolute Gasteiger partial charge is 0.490 e. The van der Waals surface area contributed by atoms with Crippen molar-refractivity contribution in [2.75, 3.05) is 5.32 Å². The van der Waals surface area contributed by atoms with Crippen LogP contribution in [0.5, 0.6) is 0 Å². The molecule has 0 bridgehead atoms. The van der Waals surface area contributed by atoms with Gasteiger partial charge in [-0.05, 0) is 43.9 Å². The molecule has 4 atom stereocenters. The van der Waals surface area contributed by atoms with Crippen LogP contribution in [-0.4, -0.2) is 74.5 Å². The van der Waals surface area contributed by atoms with Crippen molar-refractivity contribution in [3.05, 3.63) is 65.5 Å². The number of alkyl halides is 6. The van der Waals surface area contributed by atoms with Gasteiger partial charge in [0, 0.05) is 17.3 Å². The zero-order valence-corrected chi connectivity index (χ0v) is 25.3. The number of nitrogens with zero attached hydrogens (tertiary/aromatic N) is 3. The van der Waals surface area contributed by atoms with Gasteiger partial charge in [0.1, 0.15) is 5.82 Å². The maximum Gasteiger partial charge on any atom is 0.490 e. The minimum atomic E-state index is -5.08. The molecule has 12 nitrogen and oxygen atoms in total. The first kappa shape index (κ1) is 37.3. The number of rotatable bonds is 6. The van der Waals surface area contributed by atoms with Crippen LogP contribution in [-0.2, 0) is 9.59 Å². The number of fused-ring (bicyclic) bond motifs is 1. The van der Waals surface area contributed by atoms with Gasteiger partial charge >= 0.3 is 24.3 Å². The van der Waals surface area contributed by atoms with Crippen LogP contribution in [0, 0.1) is 6.92 Å².